The fraction of sp³-hybridized carbons (Fsp3) is 0.500. The van der Waals surface area contributed by atoms with E-state index in [0.717, 1.165) is 0 Å². The molecule has 0 aromatic carbocycles. The predicted octanol–water partition coefficient (Wildman–Crippen LogP) is 0.526. The second kappa shape index (κ2) is 8.75. The minimum atomic E-state index is -0.486. The van der Waals surface area contributed by atoms with E-state index in [-0.39, 0.29) is 25.5 Å². The summed E-state index contributed by atoms with van der Waals surface area (Å²) in [4.78, 5) is 21.9. The number of esters is 1. The third-order valence-electron chi connectivity index (χ3n) is 1.52. The summed E-state index contributed by atoms with van der Waals surface area (Å²) in [5, 5.41) is 10.7. The summed E-state index contributed by atoms with van der Waals surface area (Å²) < 4.78 is 4.49. The van der Waals surface area contributed by atoms with E-state index in [4.69, 9.17) is 5.26 Å². The molecule has 15 heavy (non-hydrogen) atoms. The maximum atomic E-state index is 11.0. The number of nitriles is 1. The van der Waals surface area contributed by atoms with Crippen molar-refractivity contribution in [3.63, 3.8) is 0 Å². The fourth-order valence-electron chi connectivity index (χ4n) is 0.810. The SMILES string of the molecule is C=CCCC(=O)NCCC(=O)OCC#N. The van der Waals surface area contributed by atoms with Crippen LogP contribution in [-0.2, 0) is 14.3 Å². The molecular weight excluding hydrogens is 196 g/mol. The molecule has 5 heteroatoms. The summed E-state index contributed by atoms with van der Waals surface area (Å²) in [6.45, 7) is 3.48. The molecule has 0 aromatic rings. The monoisotopic (exact) mass is 210 g/mol. The van der Waals surface area contributed by atoms with Gasteiger partial charge in [-0.15, -0.1) is 6.58 Å². The maximum Gasteiger partial charge on any atom is 0.308 e. The zero-order valence-corrected chi connectivity index (χ0v) is 8.49. The van der Waals surface area contributed by atoms with Crippen molar-refractivity contribution in [3.05, 3.63) is 12.7 Å². The molecule has 1 amide bonds. The first kappa shape index (κ1) is 13.2. The highest BCUT2D eigenvalue weighted by atomic mass is 16.5. The van der Waals surface area contributed by atoms with Gasteiger partial charge in [0.15, 0.2) is 6.61 Å². The van der Waals surface area contributed by atoms with Crippen molar-refractivity contribution >= 4 is 11.9 Å². The van der Waals surface area contributed by atoms with Crippen LogP contribution in [0.4, 0.5) is 0 Å². The van der Waals surface area contributed by atoms with Gasteiger partial charge >= 0.3 is 5.97 Å². The van der Waals surface area contributed by atoms with Gasteiger partial charge in [-0.1, -0.05) is 6.08 Å². The summed E-state index contributed by atoms with van der Waals surface area (Å²) in [5.41, 5.74) is 0. The number of allylic oxidation sites excluding steroid dienone is 1. The van der Waals surface area contributed by atoms with Gasteiger partial charge in [-0.05, 0) is 6.42 Å². The first-order chi connectivity index (χ1) is 7.20. The molecule has 5 nitrogen and oxygen atoms in total. The second-order valence-electron chi connectivity index (χ2n) is 2.75. The number of carbonyl (C=O) groups is 2. The molecule has 1 N–H and O–H groups in total. The van der Waals surface area contributed by atoms with Crippen molar-refractivity contribution in [3.8, 4) is 6.07 Å². The molecule has 0 bridgehead atoms. The van der Waals surface area contributed by atoms with Gasteiger partial charge in [-0.2, -0.15) is 5.26 Å². The number of hydrogen-bond acceptors (Lipinski definition) is 4. The van der Waals surface area contributed by atoms with Gasteiger partial charge in [0.1, 0.15) is 6.07 Å². The average Bonchev–Trinajstić information content (AvgIpc) is 2.23. The number of nitrogens with one attached hydrogen (secondary N) is 1. The lowest BCUT2D eigenvalue weighted by atomic mass is 10.3. The molecule has 0 saturated carbocycles. The Morgan fingerprint density at radius 3 is 2.80 bits per heavy atom. The number of amides is 1. The minimum Gasteiger partial charge on any atom is -0.450 e. The smallest absolute Gasteiger partial charge is 0.308 e. The van der Waals surface area contributed by atoms with E-state index in [1.807, 2.05) is 0 Å². The zero-order chi connectivity index (χ0) is 11.5. The van der Waals surface area contributed by atoms with Crippen LogP contribution in [0.5, 0.6) is 0 Å². The Balaban J connectivity index is 3.44. The van der Waals surface area contributed by atoms with Crippen molar-refractivity contribution < 1.29 is 14.3 Å². The zero-order valence-electron chi connectivity index (χ0n) is 8.49. The highest BCUT2D eigenvalue weighted by molar-refractivity contribution is 5.77. The Kier molecular flexibility index (Phi) is 7.69. The van der Waals surface area contributed by atoms with Gasteiger partial charge in [-0.25, -0.2) is 0 Å². The third-order valence-corrected chi connectivity index (χ3v) is 1.52. The maximum absolute atomic E-state index is 11.0. The van der Waals surface area contributed by atoms with Crippen molar-refractivity contribution in [2.75, 3.05) is 13.2 Å². The summed E-state index contributed by atoms with van der Waals surface area (Å²) >= 11 is 0. The van der Waals surface area contributed by atoms with Crippen LogP contribution in [0.2, 0.25) is 0 Å². The van der Waals surface area contributed by atoms with Crippen molar-refractivity contribution in [2.24, 2.45) is 0 Å². The number of nitrogens with zero attached hydrogens (tertiary/aromatic N) is 1. The van der Waals surface area contributed by atoms with Crippen LogP contribution in [0.25, 0.3) is 0 Å². The Morgan fingerprint density at radius 1 is 1.47 bits per heavy atom. The van der Waals surface area contributed by atoms with Gasteiger partial charge in [-0.3, -0.25) is 9.59 Å². The summed E-state index contributed by atoms with van der Waals surface area (Å²) in [7, 11) is 0. The topological polar surface area (TPSA) is 79.2 Å². The van der Waals surface area contributed by atoms with Crippen molar-refractivity contribution in [2.45, 2.75) is 19.3 Å². The van der Waals surface area contributed by atoms with Crippen LogP contribution in [0.15, 0.2) is 12.7 Å². The van der Waals surface area contributed by atoms with Gasteiger partial charge < -0.3 is 10.1 Å². The molecule has 0 heterocycles. The first-order valence-electron chi connectivity index (χ1n) is 4.61. The number of hydrogen-bond donors (Lipinski definition) is 1. The highest BCUT2D eigenvalue weighted by Crippen LogP contribution is 1.90. The van der Waals surface area contributed by atoms with Gasteiger partial charge in [0.25, 0.3) is 0 Å². The Labute approximate surface area is 88.7 Å². The second-order valence-corrected chi connectivity index (χ2v) is 2.75. The van der Waals surface area contributed by atoms with Crippen LogP contribution in [-0.4, -0.2) is 25.0 Å². The molecule has 0 aliphatic heterocycles. The third kappa shape index (κ3) is 8.50. The fourth-order valence-corrected chi connectivity index (χ4v) is 0.810. The van der Waals surface area contributed by atoms with Crippen molar-refractivity contribution in [1.29, 1.82) is 5.26 Å². The Morgan fingerprint density at radius 2 is 2.20 bits per heavy atom. The van der Waals surface area contributed by atoms with E-state index in [9.17, 15) is 9.59 Å². The molecule has 0 radical (unpaired) electrons. The van der Waals surface area contributed by atoms with Crippen LogP contribution >= 0.6 is 0 Å². The summed E-state index contributed by atoms with van der Waals surface area (Å²) in [5.74, 6) is -0.608. The Bertz CT molecular complexity index is 268. The van der Waals surface area contributed by atoms with E-state index in [2.05, 4.69) is 16.6 Å². The standard InChI is InChI=1S/C10H14N2O3/c1-2-3-4-9(13)12-7-5-10(14)15-8-6-11/h2H,1,3-5,7-8H2,(H,12,13). The summed E-state index contributed by atoms with van der Waals surface area (Å²) in [6, 6.07) is 1.68. The molecule has 0 fully saturated rings. The quantitative estimate of drug-likeness (QED) is 0.491. The van der Waals surface area contributed by atoms with E-state index in [1.54, 1.807) is 12.1 Å². The van der Waals surface area contributed by atoms with Crippen LogP contribution in [0.3, 0.4) is 0 Å². The van der Waals surface area contributed by atoms with Crippen LogP contribution in [0.1, 0.15) is 19.3 Å². The largest absolute Gasteiger partial charge is 0.450 e. The van der Waals surface area contributed by atoms with Crippen molar-refractivity contribution in [1.82, 2.24) is 5.32 Å². The molecule has 0 rings (SSSR count). The molecule has 0 spiro atoms. The van der Waals surface area contributed by atoms with E-state index in [0.29, 0.717) is 12.8 Å². The lowest BCUT2D eigenvalue weighted by Crippen LogP contribution is -2.26. The van der Waals surface area contributed by atoms with Gasteiger partial charge in [0, 0.05) is 13.0 Å². The predicted molar refractivity (Wildman–Crippen MR) is 53.6 cm³/mol. The normalized spacial score (nSPS) is 8.73. The number of rotatable bonds is 7. The highest BCUT2D eigenvalue weighted by Gasteiger charge is 2.03. The molecule has 0 aliphatic rings. The van der Waals surface area contributed by atoms with E-state index in [1.165, 1.54) is 0 Å². The molecule has 0 unspecified atom stereocenters. The van der Waals surface area contributed by atoms with E-state index >= 15 is 0 Å². The molecule has 82 valence electrons. The molecule has 0 aromatic heterocycles. The Hall–Kier alpha value is -1.83. The lowest BCUT2D eigenvalue weighted by Gasteiger charge is -2.03. The first-order valence-corrected chi connectivity index (χ1v) is 4.61. The number of carbonyl (C=O) groups excluding carboxylic acids is 2. The molecule has 0 aliphatic carbocycles. The average molecular weight is 210 g/mol. The minimum absolute atomic E-state index is 0.0848. The van der Waals surface area contributed by atoms with E-state index < -0.39 is 5.97 Å². The van der Waals surface area contributed by atoms with Crippen LogP contribution < -0.4 is 5.32 Å². The molecular formula is C10H14N2O3. The van der Waals surface area contributed by atoms with Gasteiger partial charge in [0.2, 0.25) is 5.91 Å². The van der Waals surface area contributed by atoms with Gasteiger partial charge in [0.05, 0.1) is 6.42 Å². The molecule has 0 atom stereocenters. The lowest BCUT2D eigenvalue weighted by molar-refractivity contribution is -0.142. The summed E-state index contributed by atoms with van der Waals surface area (Å²) in [6.07, 6.45) is 2.73. The molecule has 0 saturated heterocycles. The van der Waals surface area contributed by atoms with Crippen LogP contribution in [0, 0.1) is 11.3 Å². The number of ether oxygens (including phenoxy) is 1.